The number of carbonyl (C=O) groups excluding carboxylic acids is 2. The number of hydrogen-bond donors (Lipinski definition) is 3. The van der Waals surface area contributed by atoms with Gasteiger partial charge in [-0.05, 0) is 24.6 Å². The first-order valence-electron chi connectivity index (χ1n) is 10.8. The van der Waals surface area contributed by atoms with Crippen molar-refractivity contribution in [3.05, 3.63) is 59.7 Å². The Bertz CT molecular complexity index is 894. The lowest BCUT2D eigenvalue weighted by molar-refractivity contribution is -1.02. The number of amides is 2. The number of likely N-dealkylation sites (N-methyl/N-ethyl adjacent to an activating group) is 1. The molecule has 2 amide bonds. The summed E-state index contributed by atoms with van der Waals surface area (Å²) in [6, 6.07) is 15.7. The topological polar surface area (TPSA) is 67.5 Å². The Hall–Kier alpha value is -2.90. The average Bonchev–Trinajstić information content (AvgIpc) is 2.76. The van der Waals surface area contributed by atoms with Gasteiger partial charge in [0.05, 0.1) is 13.7 Å². The van der Waals surface area contributed by atoms with Crippen LogP contribution in [0.1, 0.15) is 11.1 Å². The van der Waals surface area contributed by atoms with E-state index in [1.807, 2.05) is 12.1 Å². The summed E-state index contributed by atoms with van der Waals surface area (Å²) in [5.74, 6) is 0.458. The minimum absolute atomic E-state index is 0.00172. The van der Waals surface area contributed by atoms with Crippen molar-refractivity contribution in [2.45, 2.75) is 13.5 Å². The molecular weight excluding hydrogens is 392 g/mol. The molecule has 0 spiro atoms. The SMILES string of the molecule is COc1cccc(NC(=O)CN(C)C(=O)C[NH+]2CC[NH+](Cc3ccccc3C)CC2)c1. The van der Waals surface area contributed by atoms with Crippen LogP contribution in [-0.2, 0) is 16.1 Å². The van der Waals surface area contributed by atoms with Crippen LogP contribution in [0.25, 0.3) is 0 Å². The zero-order valence-electron chi connectivity index (χ0n) is 18.7. The molecule has 2 aromatic rings. The van der Waals surface area contributed by atoms with Crippen LogP contribution in [0, 0.1) is 6.92 Å². The number of benzene rings is 2. The summed E-state index contributed by atoms with van der Waals surface area (Å²) in [6.45, 7) is 7.71. The number of carbonyl (C=O) groups is 2. The number of piperazine rings is 1. The van der Waals surface area contributed by atoms with E-state index in [9.17, 15) is 9.59 Å². The number of aryl methyl sites for hydroxylation is 1. The number of nitrogens with zero attached hydrogens (tertiary/aromatic N) is 1. The number of quaternary nitrogens is 2. The molecule has 1 fully saturated rings. The molecule has 0 aromatic heterocycles. The second-order valence-electron chi connectivity index (χ2n) is 8.31. The van der Waals surface area contributed by atoms with E-state index < -0.39 is 0 Å². The quantitative estimate of drug-likeness (QED) is 0.527. The highest BCUT2D eigenvalue weighted by Gasteiger charge is 2.26. The lowest BCUT2D eigenvalue weighted by atomic mass is 10.1. The third-order valence-corrected chi connectivity index (χ3v) is 5.93. The fraction of sp³-hybridized carbons (Fsp3) is 0.417. The summed E-state index contributed by atoms with van der Waals surface area (Å²) in [6.07, 6.45) is 0. The molecule has 1 heterocycles. The van der Waals surface area contributed by atoms with Crippen molar-refractivity contribution in [1.82, 2.24) is 4.90 Å². The molecule has 0 saturated carbocycles. The number of anilines is 1. The lowest BCUT2D eigenvalue weighted by Gasteiger charge is -2.30. The summed E-state index contributed by atoms with van der Waals surface area (Å²) in [5, 5.41) is 2.82. The maximum atomic E-state index is 12.6. The van der Waals surface area contributed by atoms with Gasteiger partial charge in [0.25, 0.3) is 5.91 Å². The van der Waals surface area contributed by atoms with Gasteiger partial charge in [-0.15, -0.1) is 0 Å². The molecule has 2 aromatic carbocycles. The molecule has 0 aliphatic carbocycles. The van der Waals surface area contributed by atoms with Gasteiger partial charge in [-0.1, -0.05) is 30.3 Å². The van der Waals surface area contributed by atoms with Gasteiger partial charge in [0.1, 0.15) is 38.5 Å². The Kier molecular flexibility index (Phi) is 8.03. The molecule has 0 bridgehead atoms. The van der Waals surface area contributed by atoms with E-state index in [-0.39, 0.29) is 18.4 Å². The van der Waals surface area contributed by atoms with Gasteiger partial charge in [0.2, 0.25) is 5.91 Å². The first-order chi connectivity index (χ1) is 14.9. The first-order valence-corrected chi connectivity index (χ1v) is 10.8. The fourth-order valence-corrected chi connectivity index (χ4v) is 3.94. The average molecular weight is 427 g/mol. The van der Waals surface area contributed by atoms with Gasteiger partial charge < -0.3 is 24.8 Å². The first kappa shape index (κ1) is 22.8. The molecule has 3 rings (SSSR count). The van der Waals surface area contributed by atoms with Crippen molar-refractivity contribution in [2.75, 3.05) is 58.7 Å². The number of hydrogen-bond acceptors (Lipinski definition) is 3. The summed E-state index contributed by atoms with van der Waals surface area (Å²) < 4.78 is 5.17. The molecular formula is C24H34N4O3+2. The van der Waals surface area contributed by atoms with Gasteiger partial charge in [0, 0.05) is 24.4 Å². The zero-order chi connectivity index (χ0) is 22.2. The molecule has 0 unspecified atom stereocenters. The van der Waals surface area contributed by atoms with Gasteiger partial charge in [-0.25, -0.2) is 0 Å². The Morgan fingerprint density at radius 3 is 2.45 bits per heavy atom. The highest BCUT2D eigenvalue weighted by Crippen LogP contribution is 2.16. The molecule has 166 valence electrons. The van der Waals surface area contributed by atoms with Crippen molar-refractivity contribution in [3.63, 3.8) is 0 Å². The van der Waals surface area contributed by atoms with E-state index in [0.717, 1.165) is 32.7 Å². The van der Waals surface area contributed by atoms with Crippen molar-refractivity contribution >= 4 is 17.5 Å². The van der Waals surface area contributed by atoms with E-state index in [1.54, 1.807) is 31.2 Å². The Labute approximate surface area is 184 Å². The Morgan fingerprint density at radius 2 is 1.74 bits per heavy atom. The van der Waals surface area contributed by atoms with E-state index in [4.69, 9.17) is 4.74 Å². The van der Waals surface area contributed by atoms with Gasteiger partial charge in [0.15, 0.2) is 6.54 Å². The van der Waals surface area contributed by atoms with Gasteiger partial charge in [-0.2, -0.15) is 0 Å². The third kappa shape index (κ3) is 6.80. The van der Waals surface area contributed by atoms with Crippen molar-refractivity contribution in [1.29, 1.82) is 0 Å². The molecule has 0 radical (unpaired) electrons. The monoisotopic (exact) mass is 426 g/mol. The summed E-state index contributed by atoms with van der Waals surface area (Å²) in [4.78, 5) is 29.3. The normalized spacial score (nSPS) is 18.3. The highest BCUT2D eigenvalue weighted by molar-refractivity contribution is 5.94. The standard InChI is InChI=1S/C24H32N4O3/c1-19-7-4-5-8-20(19)16-27-11-13-28(14-12-27)18-24(30)26(2)17-23(29)25-21-9-6-10-22(15-21)31-3/h4-10,15H,11-14,16-18H2,1-3H3,(H,25,29)/p+2. The highest BCUT2D eigenvalue weighted by atomic mass is 16.5. The molecule has 3 N–H and O–H groups in total. The van der Waals surface area contributed by atoms with Crippen molar-refractivity contribution in [2.24, 2.45) is 0 Å². The molecule has 0 atom stereocenters. The summed E-state index contributed by atoms with van der Waals surface area (Å²) in [5.41, 5.74) is 3.40. The van der Waals surface area contributed by atoms with Crippen LogP contribution in [0.4, 0.5) is 5.69 Å². The number of rotatable bonds is 8. The number of nitrogens with one attached hydrogen (secondary N) is 3. The van der Waals surface area contributed by atoms with Crippen LogP contribution in [0.5, 0.6) is 5.75 Å². The van der Waals surface area contributed by atoms with E-state index in [2.05, 4.69) is 36.5 Å². The minimum Gasteiger partial charge on any atom is -0.497 e. The van der Waals surface area contributed by atoms with Crippen molar-refractivity contribution < 1.29 is 24.1 Å². The molecule has 1 aliphatic heterocycles. The Morgan fingerprint density at radius 1 is 1.03 bits per heavy atom. The van der Waals surface area contributed by atoms with Crippen LogP contribution in [0.15, 0.2) is 48.5 Å². The maximum Gasteiger partial charge on any atom is 0.277 e. The second-order valence-corrected chi connectivity index (χ2v) is 8.31. The smallest absolute Gasteiger partial charge is 0.277 e. The number of ether oxygens (including phenoxy) is 1. The maximum absolute atomic E-state index is 12.6. The molecule has 1 saturated heterocycles. The third-order valence-electron chi connectivity index (χ3n) is 5.93. The zero-order valence-corrected chi connectivity index (χ0v) is 18.7. The van der Waals surface area contributed by atoms with Crippen LogP contribution in [-0.4, -0.2) is 70.1 Å². The summed E-state index contributed by atoms with van der Waals surface area (Å²) >= 11 is 0. The largest absolute Gasteiger partial charge is 0.497 e. The van der Waals surface area contributed by atoms with Gasteiger partial charge in [-0.3, -0.25) is 9.59 Å². The molecule has 31 heavy (non-hydrogen) atoms. The predicted octanol–water partition coefficient (Wildman–Crippen LogP) is -0.616. The van der Waals surface area contributed by atoms with Gasteiger partial charge >= 0.3 is 0 Å². The fourth-order valence-electron chi connectivity index (χ4n) is 3.94. The molecule has 7 nitrogen and oxygen atoms in total. The Balaban J connectivity index is 1.40. The van der Waals surface area contributed by atoms with E-state index in [0.29, 0.717) is 18.0 Å². The van der Waals surface area contributed by atoms with Crippen LogP contribution < -0.4 is 19.9 Å². The molecule has 1 aliphatic rings. The van der Waals surface area contributed by atoms with E-state index >= 15 is 0 Å². The number of methoxy groups -OCH3 is 1. The molecule has 7 heteroatoms. The predicted molar refractivity (Wildman–Crippen MR) is 120 cm³/mol. The minimum atomic E-state index is -0.216. The van der Waals surface area contributed by atoms with Crippen LogP contribution in [0.2, 0.25) is 0 Å². The summed E-state index contributed by atoms with van der Waals surface area (Å²) in [7, 11) is 3.27. The second kappa shape index (κ2) is 10.9. The van der Waals surface area contributed by atoms with Crippen LogP contribution >= 0.6 is 0 Å². The lowest BCUT2D eigenvalue weighted by Crippen LogP contribution is -3.28. The van der Waals surface area contributed by atoms with E-state index in [1.165, 1.54) is 20.9 Å². The van der Waals surface area contributed by atoms with Crippen LogP contribution in [0.3, 0.4) is 0 Å². The van der Waals surface area contributed by atoms with Crippen molar-refractivity contribution in [3.8, 4) is 5.75 Å².